The molecule has 0 spiro atoms. The van der Waals surface area contributed by atoms with Gasteiger partial charge in [0.2, 0.25) is 0 Å². The van der Waals surface area contributed by atoms with E-state index in [9.17, 15) is 0 Å². The van der Waals surface area contributed by atoms with E-state index < -0.39 is 0 Å². The van der Waals surface area contributed by atoms with E-state index in [0.717, 1.165) is 39.3 Å². The molecule has 1 heterocycles. The Morgan fingerprint density at radius 1 is 1.23 bits per heavy atom. The first kappa shape index (κ1) is 10.5. The number of rotatable bonds is 3. The lowest BCUT2D eigenvalue weighted by Crippen LogP contribution is -2.47. The molecule has 0 saturated carbocycles. The number of nitrogens with zero attached hydrogens (tertiary/aromatic N) is 3. The maximum Gasteiger partial charge on any atom is 0.0666 e. The molecule has 0 aromatic heterocycles. The summed E-state index contributed by atoms with van der Waals surface area (Å²) in [6.45, 7) is 10.9. The predicted octanol–water partition coefficient (Wildman–Crippen LogP) is 0.784. The molecule has 3 heteroatoms. The Bertz CT molecular complexity index is 177. The number of hydrogen-bond acceptors (Lipinski definition) is 3. The van der Waals surface area contributed by atoms with Gasteiger partial charge in [-0.25, -0.2) is 0 Å². The van der Waals surface area contributed by atoms with Crippen molar-refractivity contribution in [2.24, 2.45) is 5.92 Å². The molecule has 0 aromatic rings. The largest absolute Gasteiger partial charge is 0.301 e. The van der Waals surface area contributed by atoms with Gasteiger partial charge >= 0.3 is 0 Å². The Balaban J connectivity index is 2.22. The number of hydrogen-bond donors (Lipinski definition) is 0. The lowest BCUT2D eigenvalue weighted by Gasteiger charge is -2.34. The van der Waals surface area contributed by atoms with Crippen LogP contribution in [0.3, 0.4) is 0 Å². The summed E-state index contributed by atoms with van der Waals surface area (Å²) in [5, 5.41) is 8.68. The minimum Gasteiger partial charge on any atom is -0.301 e. The van der Waals surface area contributed by atoms with Crippen molar-refractivity contribution in [1.29, 1.82) is 5.26 Å². The average Bonchev–Trinajstić information content (AvgIpc) is 2.19. The van der Waals surface area contributed by atoms with Crippen LogP contribution in [0.25, 0.3) is 0 Å². The van der Waals surface area contributed by atoms with Crippen molar-refractivity contribution in [3.63, 3.8) is 0 Å². The third-order valence-corrected chi connectivity index (χ3v) is 2.66. The van der Waals surface area contributed by atoms with Gasteiger partial charge in [0.25, 0.3) is 0 Å². The Hall–Kier alpha value is -0.590. The number of likely N-dealkylation sites (N-methyl/N-ethyl adjacent to an activating group) is 1. The van der Waals surface area contributed by atoms with Crippen LogP contribution in [-0.4, -0.2) is 49.1 Å². The van der Waals surface area contributed by atoms with Gasteiger partial charge in [-0.3, -0.25) is 4.90 Å². The molecule has 1 aliphatic rings. The zero-order valence-electron chi connectivity index (χ0n) is 8.66. The van der Waals surface area contributed by atoms with Gasteiger partial charge in [0.15, 0.2) is 0 Å². The highest BCUT2D eigenvalue weighted by molar-refractivity contribution is 4.83. The first-order valence-corrected chi connectivity index (χ1v) is 5.10. The number of piperazine rings is 1. The smallest absolute Gasteiger partial charge is 0.0666 e. The zero-order valence-corrected chi connectivity index (χ0v) is 8.66. The standard InChI is InChI=1S/C10H19N3/c1-3-12-4-6-13(7-5-12)9-10(2)8-11/h10H,3-7,9H2,1-2H3. The van der Waals surface area contributed by atoms with Crippen LogP contribution in [0.4, 0.5) is 0 Å². The molecule has 0 radical (unpaired) electrons. The van der Waals surface area contributed by atoms with Crippen molar-refractivity contribution in [2.75, 3.05) is 39.3 Å². The molecule has 0 aromatic carbocycles. The Kier molecular flexibility index (Phi) is 4.20. The first-order valence-electron chi connectivity index (χ1n) is 5.10. The highest BCUT2D eigenvalue weighted by atomic mass is 15.3. The van der Waals surface area contributed by atoms with Crippen LogP contribution in [0.1, 0.15) is 13.8 Å². The second-order valence-electron chi connectivity index (χ2n) is 3.77. The van der Waals surface area contributed by atoms with E-state index in [1.165, 1.54) is 0 Å². The summed E-state index contributed by atoms with van der Waals surface area (Å²) in [5.74, 6) is 0.174. The topological polar surface area (TPSA) is 30.3 Å². The molecule has 0 N–H and O–H groups in total. The minimum atomic E-state index is 0.174. The van der Waals surface area contributed by atoms with Gasteiger partial charge in [0, 0.05) is 32.7 Å². The molecule has 13 heavy (non-hydrogen) atoms. The first-order chi connectivity index (χ1) is 6.26. The van der Waals surface area contributed by atoms with Crippen LogP contribution in [-0.2, 0) is 0 Å². The second-order valence-corrected chi connectivity index (χ2v) is 3.77. The van der Waals surface area contributed by atoms with Crippen LogP contribution in [0.2, 0.25) is 0 Å². The monoisotopic (exact) mass is 181 g/mol. The van der Waals surface area contributed by atoms with E-state index in [4.69, 9.17) is 5.26 Å². The SMILES string of the molecule is CCN1CCN(CC(C)C#N)CC1. The average molecular weight is 181 g/mol. The van der Waals surface area contributed by atoms with Crippen LogP contribution in [0.15, 0.2) is 0 Å². The Labute approximate surface area is 80.9 Å². The van der Waals surface area contributed by atoms with Gasteiger partial charge in [-0.1, -0.05) is 6.92 Å². The van der Waals surface area contributed by atoms with Crippen molar-refractivity contribution in [1.82, 2.24) is 9.80 Å². The predicted molar refractivity (Wildman–Crippen MR) is 53.3 cm³/mol. The Morgan fingerprint density at radius 3 is 2.23 bits per heavy atom. The van der Waals surface area contributed by atoms with E-state index in [-0.39, 0.29) is 5.92 Å². The maximum atomic E-state index is 8.68. The van der Waals surface area contributed by atoms with Crippen molar-refractivity contribution >= 4 is 0 Å². The lowest BCUT2D eigenvalue weighted by atomic mass is 10.2. The maximum absolute atomic E-state index is 8.68. The molecule has 1 fully saturated rings. The van der Waals surface area contributed by atoms with Crippen LogP contribution < -0.4 is 0 Å². The minimum absolute atomic E-state index is 0.174. The highest BCUT2D eigenvalue weighted by Crippen LogP contribution is 2.04. The van der Waals surface area contributed by atoms with E-state index in [1.54, 1.807) is 0 Å². The lowest BCUT2D eigenvalue weighted by molar-refractivity contribution is 0.130. The van der Waals surface area contributed by atoms with Gasteiger partial charge in [0.05, 0.1) is 12.0 Å². The molecule has 1 saturated heterocycles. The summed E-state index contributed by atoms with van der Waals surface area (Å²) in [6, 6.07) is 2.28. The summed E-state index contributed by atoms with van der Waals surface area (Å²) in [5.41, 5.74) is 0. The fourth-order valence-corrected chi connectivity index (χ4v) is 1.72. The fourth-order valence-electron chi connectivity index (χ4n) is 1.72. The van der Waals surface area contributed by atoms with Crippen molar-refractivity contribution in [2.45, 2.75) is 13.8 Å². The van der Waals surface area contributed by atoms with Gasteiger partial charge in [0.1, 0.15) is 0 Å². The van der Waals surface area contributed by atoms with Crippen molar-refractivity contribution in [3.8, 4) is 6.07 Å². The van der Waals surface area contributed by atoms with E-state index in [2.05, 4.69) is 22.8 Å². The second kappa shape index (κ2) is 5.21. The molecule has 1 atom stereocenters. The van der Waals surface area contributed by atoms with Crippen molar-refractivity contribution in [3.05, 3.63) is 0 Å². The summed E-state index contributed by atoms with van der Waals surface area (Å²) in [4.78, 5) is 4.84. The molecule has 74 valence electrons. The normalized spacial score (nSPS) is 22.5. The molecule has 0 bridgehead atoms. The third kappa shape index (κ3) is 3.33. The van der Waals surface area contributed by atoms with E-state index >= 15 is 0 Å². The molecule has 0 aliphatic carbocycles. The van der Waals surface area contributed by atoms with Gasteiger partial charge in [-0.05, 0) is 13.5 Å². The van der Waals surface area contributed by atoms with E-state index in [0.29, 0.717) is 0 Å². The summed E-state index contributed by atoms with van der Waals surface area (Å²) in [7, 11) is 0. The highest BCUT2D eigenvalue weighted by Gasteiger charge is 2.16. The fraction of sp³-hybridized carbons (Fsp3) is 0.900. The Morgan fingerprint density at radius 2 is 1.77 bits per heavy atom. The zero-order chi connectivity index (χ0) is 9.68. The summed E-state index contributed by atoms with van der Waals surface area (Å²) < 4.78 is 0. The molecule has 0 amide bonds. The summed E-state index contributed by atoms with van der Waals surface area (Å²) >= 11 is 0. The van der Waals surface area contributed by atoms with E-state index in [1.807, 2.05) is 6.92 Å². The molecule has 3 nitrogen and oxygen atoms in total. The molecule has 1 unspecified atom stereocenters. The summed E-state index contributed by atoms with van der Waals surface area (Å²) in [6.07, 6.45) is 0. The third-order valence-electron chi connectivity index (χ3n) is 2.66. The van der Waals surface area contributed by atoms with Crippen LogP contribution >= 0.6 is 0 Å². The number of nitriles is 1. The van der Waals surface area contributed by atoms with Crippen LogP contribution in [0, 0.1) is 17.2 Å². The molecule has 1 aliphatic heterocycles. The van der Waals surface area contributed by atoms with Gasteiger partial charge < -0.3 is 4.90 Å². The molecular formula is C10H19N3. The quantitative estimate of drug-likeness (QED) is 0.644. The molecular weight excluding hydrogens is 162 g/mol. The molecule has 1 rings (SSSR count). The van der Waals surface area contributed by atoms with Gasteiger partial charge in [-0.15, -0.1) is 0 Å². The van der Waals surface area contributed by atoms with Crippen molar-refractivity contribution < 1.29 is 0 Å². The van der Waals surface area contributed by atoms with Gasteiger partial charge in [-0.2, -0.15) is 5.26 Å². The van der Waals surface area contributed by atoms with Crippen LogP contribution in [0.5, 0.6) is 0 Å².